The standard InChI is InChI=1S/C9H16N4/c1-4-6(2)9-11-7(3)5-8(12-9)13-10/h5-6H,4,10H2,1-3H3,(H,11,12,13). The molecule has 0 saturated heterocycles. The molecule has 0 fully saturated rings. The van der Waals surface area contributed by atoms with Gasteiger partial charge >= 0.3 is 0 Å². The molecule has 1 aromatic rings. The van der Waals surface area contributed by atoms with Crippen molar-refractivity contribution in [3.8, 4) is 0 Å². The SMILES string of the molecule is CCC(C)c1nc(C)cc(NN)n1. The van der Waals surface area contributed by atoms with E-state index in [-0.39, 0.29) is 0 Å². The van der Waals surface area contributed by atoms with Gasteiger partial charge in [0.1, 0.15) is 11.6 Å². The van der Waals surface area contributed by atoms with Crippen LogP contribution in [0.5, 0.6) is 0 Å². The molecule has 4 heteroatoms. The van der Waals surface area contributed by atoms with E-state index in [1.807, 2.05) is 13.0 Å². The Morgan fingerprint density at radius 3 is 2.77 bits per heavy atom. The molecule has 3 N–H and O–H groups in total. The Morgan fingerprint density at radius 2 is 2.23 bits per heavy atom. The first-order valence-corrected chi connectivity index (χ1v) is 4.49. The van der Waals surface area contributed by atoms with E-state index in [0.717, 1.165) is 17.9 Å². The molecule has 0 aliphatic heterocycles. The van der Waals surface area contributed by atoms with Gasteiger partial charge in [0.25, 0.3) is 0 Å². The highest BCUT2D eigenvalue weighted by Crippen LogP contribution is 2.16. The summed E-state index contributed by atoms with van der Waals surface area (Å²) in [5, 5.41) is 0. The minimum absolute atomic E-state index is 0.381. The molecule has 0 amide bonds. The van der Waals surface area contributed by atoms with Crippen LogP contribution in [-0.2, 0) is 0 Å². The average Bonchev–Trinajstić information content (AvgIpc) is 2.15. The van der Waals surface area contributed by atoms with Crippen LogP contribution in [0.3, 0.4) is 0 Å². The summed E-state index contributed by atoms with van der Waals surface area (Å²) < 4.78 is 0. The van der Waals surface area contributed by atoms with Crippen LogP contribution in [0.25, 0.3) is 0 Å². The van der Waals surface area contributed by atoms with Crippen molar-refractivity contribution in [1.29, 1.82) is 0 Å². The fourth-order valence-corrected chi connectivity index (χ4v) is 1.07. The zero-order valence-electron chi connectivity index (χ0n) is 8.33. The monoisotopic (exact) mass is 180 g/mol. The van der Waals surface area contributed by atoms with Gasteiger partial charge in [0.2, 0.25) is 0 Å². The largest absolute Gasteiger partial charge is 0.308 e. The van der Waals surface area contributed by atoms with Gasteiger partial charge in [-0.15, -0.1) is 0 Å². The molecule has 0 bridgehead atoms. The number of hydrogen-bond donors (Lipinski definition) is 2. The molecule has 0 aliphatic rings. The Balaban J connectivity index is 3.01. The van der Waals surface area contributed by atoms with Gasteiger partial charge in [-0.2, -0.15) is 0 Å². The first kappa shape index (κ1) is 9.92. The molecular weight excluding hydrogens is 164 g/mol. The van der Waals surface area contributed by atoms with Crippen LogP contribution >= 0.6 is 0 Å². The number of nitrogen functional groups attached to an aromatic ring is 1. The highest BCUT2D eigenvalue weighted by atomic mass is 15.3. The summed E-state index contributed by atoms with van der Waals surface area (Å²) in [6.45, 7) is 6.16. The van der Waals surface area contributed by atoms with E-state index in [0.29, 0.717) is 11.7 Å². The zero-order chi connectivity index (χ0) is 9.84. The van der Waals surface area contributed by atoms with Crippen molar-refractivity contribution in [1.82, 2.24) is 9.97 Å². The van der Waals surface area contributed by atoms with E-state index in [9.17, 15) is 0 Å². The second-order valence-electron chi connectivity index (χ2n) is 3.21. The molecule has 1 atom stereocenters. The van der Waals surface area contributed by atoms with Crippen LogP contribution in [0.4, 0.5) is 5.82 Å². The molecule has 1 rings (SSSR count). The number of nitrogens with zero attached hydrogens (tertiary/aromatic N) is 2. The summed E-state index contributed by atoms with van der Waals surface area (Å²) in [6, 6.07) is 1.83. The van der Waals surface area contributed by atoms with Gasteiger partial charge < -0.3 is 5.43 Å². The number of hydrazine groups is 1. The van der Waals surface area contributed by atoms with E-state index >= 15 is 0 Å². The molecule has 72 valence electrons. The number of nitrogens with one attached hydrogen (secondary N) is 1. The molecule has 0 radical (unpaired) electrons. The Morgan fingerprint density at radius 1 is 1.54 bits per heavy atom. The third kappa shape index (κ3) is 2.39. The molecule has 1 unspecified atom stereocenters. The lowest BCUT2D eigenvalue weighted by atomic mass is 10.1. The number of rotatable bonds is 3. The maximum Gasteiger partial charge on any atom is 0.143 e. The van der Waals surface area contributed by atoms with Crippen LogP contribution in [0.15, 0.2) is 6.07 Å². The fourth-order valence-electron chi connectivity index (χ4n) is 1.07. The molecule has 1 aromatic heterocycles. The van der Waals surface area contributed by atoms with E-state index in [4.69, 9.17) is 5.84 Å². The average molecular weight is 180 g/mol. The Kier molecular flexibility index (Phi) is 3.19. The van der Waals surface area contributed by atoms with Crippen molar-refractivity contribution in [2.45, 2.75) is 33.1 Å². The van der Waals surface area contributed by atoms with Gasteiger partial charge in [-0.1, -0.05) is 13.8 Å². The molecule has 0 spiro atoms. The normalized spacial score (nSPS) is 12.6. The number of aromatic nitrogens is 2. The lowest BCUT2D eigenvalue weighted by Crippen LogP contribution is -2.11. The van der Waals surface area contributed by atoms with E-state index < -0.39 is 0 Å². The summed E-state index contributed by atoms with van der Waals surface area (Å²) in [7, 11) is 0. The Bertz CT molecular complexity index is 285. The quantitative estimate of drug-likeness (QED) is 0.547. The van der Waals surface area contributed by atoms with E-state index in [1.165, 1.54) is 0 Å². The molecule has 4 nitrogen and oxygen atoms in total. The van der Waals surface area contributed by atoms with Crippen LogP contribution in [-0.4, -0.2) is 9.97 Å². The van der Waals surface area contributed by atoms with Crippen LogP contribution in [0.1, 0.15) is 37.7 Å². The molecule has 1 heterocycles. The first-order valence-electron chi connectivity index (χ1n) is 4.49. The number of hydrogen-bond acceptors (Lipinski definition) is 4. The summed E-state index contributed by atoms with van der Waals surface area (Å²) in [6.07, 6.45) is 1.04. The van der Waals surface area contributed by atoms with Crippen molar-refractivity contribution in [3.63, 3.8) is 0 Å². The topological polar surface area (TPSA) is 63.8 Å². The number of anilines is 1. The third-order valence-electron chi connectivity index (χ3n) is 2.07. The van der Waals surface area contributed by atoms with Gasteiger partial charge in [0, 0.05) is 17.7 Å². The van der Waals surface area contributed by atoms with Crippen molar-refractivity contribution in [2.24, 2.45) is 5.84 Å². The van der Waals surface area contributed by atoms with Gasteiger partial charge in [0.05, 0.1) is 0 Å². The lowest BCUT2D eigenvalue weighted by molar-refractivity contribution is 0.675. The van der Waals surface area contributed by atoms with E-state index in [1.54, 1.807) is 0 Å². The van der Waals surface area contributed by atoms with Crippen molar-refractivity contribution < 1.29 is 0 Å². The zero-order valence-corrected chi connectivity index (χ0v) is 8.33. The molecule has 0 aliphatic carbocycles. The second kappa shape index (κ2) is 4.18. The predicted octanol–water partition coefficient (Wildman–Crippen LogP) is 1.58. The van der Waals surface area contributed by atoms with Crippen LogP contribution in [0.2, 0.25) is 0 Å². The third-order valence-corrected chi connectivity index (χ3v) is 2.07. The Labute approximate surface area is 78.6 Å². The minimum atomic E-state index is 0.381. The van der Waals surface area contributed by atoms with Crippen molar-refractivity contribution >= 4 is 5.82 Å². The number of aryl methyl sites for hydroxylation is 1. The highest BCUT2D eigenvalue weighted by Gasteiger charge is 2.07. The highest BCUT2D eigenvalue weighted by molar-refractivity contribution is 5.34. The fraction of sp³-hybridized carbons (Fsp3) is 0.556. The van der Waals surface area contributed by atoms with Gasteiger partial charge in [-0.25, -0.2) is 15.8 Å². The summed E-state index contributed by atoms with van der Waals surface area (Å²) in [5.74, 6) is 7.21. The Hall–Kier alpha value is -1.16. The van der Waals surface area contributed by atoms with Crippen LogP contribution < -0.4 is 11.3 Å². The maximum absolute atomic E-state index is 5.29. The maximum atomic E-state index is 5.29. The van der Waals surface area contributed by atoms with Gasteiger partial charge in [0.15, 0.2) is 0 Å². The molecule has 13 heavy (non-hydrogen) atoms. The summed E-state index contributed by atoms with van der Waals surface area (Å²) in [4.78, 5) is 8.62. The molecular formula is C9H16N4. The lowest BCUT2D eigenvalue weighted by Gasteiger charge is -2.09. The summed E-state index contributed by atoms with van der Waals surface area (Å²) >= 11 is 0. The second-order valence-corrected chi connectivity index (χ2v) is 3.21. The molecule has 0 aromatic carbocycles. The van der Waals surface area contributed by atoms with Crippen molar-refractivity contribution in [3.05, 3.63) is 17.6 Å². The van der Waals surface area contributed by atoms with Crippen molar-refractivity contribution in [2.75, 3.05) is 5.43 Å². The molecule has 0 saturated carbocycles. The first-order chi connectivity index (χ1) is 6.17. The number of nitrogens with two attached hydrogens (primary N) is 1. The van der Waals surface area contributed by atoms with Gasteiger partial charge in [-0.3, -0.25) is 0 Å². The minimum Gasteiger partial charge on any atom is -0.308 e. The summed E-state index contributed by atoms with van der Waals surface area (Å²) in [5.41, 5.74) is 3.48. The van der Waals surface area contributed by atoms with E-state index in [2.05, 4.69) is 29.2 Å². The predicted molar refractivity (Wildman–Crippen MR) is 53.3 cm³/mol. The van der Waals surface area contributed by atoms with Gasteiger partial charge in [-0.05, 0) is 13.3 Å². The van der Waals surface area contributed by atoms with Crippen LogP contribution in [0, 0.1) is 6.92 Å². The smallest absolute Gasteiger partial charge is 0.143 e.